The first-order valence-electron chi connectivity index (χ1n) is 11.7. The number of pyridine rings is 1. The van der Waals surface area contributed by atoms with E-state index >= 15 is 0 Å². The number of halogens is 1. The van der Waals surface area contributed by atoms with Gasteiger partial charge >= 0.3 is 0 Å². The quantitative estimate of drug-likeness (QED) is 0.726. The fourth-order valence-corrected chi connectivity index (χ4v) is 5.41. The van der Waals surface area contributed by atoms with E-state index in [9.17, 15) is 9.59 Å². The minimum Gasteiger partial charge on any atom is -0.486 e. The lowest BCUT2D eigenvalue weighted by atomic mass is 9.76. The number of piperidine rings is 1. The third-order valence-corrected chi connectivity index (χ3v) is 7.24. The number of benzene rings is 1. The molecule has 2 amide bonds. The van der Waals surface area contributed by atoms with Gasteiger partial charge < -0.3 is 19.7 Å². The number of fused-ring (bicyclic) bond motifs is 1. The second-order valence-corrected chi connectivity index (χ2v) is 9.53. The van der Waals surface area contributed by atoms with E-state index in [-0.39, 0.29) is 17.7 Å². The average molecular weight is 470 g/mol. The van der Waals surface area contributed by atoms with Crippen LogP contribution < -0.4 is 14.8 Å². The topological polar surface area (TPSA) is 80.8 Å². The average Bonchev–Trinajstić information content (AvgIpc) is 3.36. The molecule has 0 spiro atoms. The number of carbonyl (C=O) groups excluding carboxylic acids is 2. The molecule has 174 valence electrons. The van der Waals surface area contributed by atoms with Crippen LogP contribution in [0.4, 0.5) is 5.82 Å². The maximum absolute atomic E-state index is 13.9. The summed E-state index contributed by atoms with van der Waals surface area (Å²) in [6.45, 7) is 2.15. The first-order chi connectivity index (χ1) is 16.0. The van der Waals surface area contributed by atoms with E-state index in [4.69, 9.17) is 21.1 Å². The molecule has 1 aliphatic carbocycles. The van der Waals surface area contributed by atoms with Gasteiger partial charge in [-0.1, -0.05) is 30.5 Å². The van der Waals surface area contributed by atoms with Crippen LogP contribution in [0.25, 0.3) is 0 Å². The van der Waals surface area contributed by atoms with Crippen LogP contribution in [0, 0.1) is 5.92 Å². The van der Waals surface area contributed by atoms with Gasteiger partial charge in [-0.3, -0.25) is 9.59 Å². The van der Waals surface area contributed by atoms with Crippen molar-refractivity contribution in [2.75, 3.05) is 31.6 Å². The molecule has 2 aromatic rings. The maximum Gasteiger partial charge on any atom is 0.233 e. The Hall–Kier alpha value is -2.80. The van der Waals surface area contributed by atoms with Crippen molar-refractivity contribution in [2.45, 2.75) is 43.9 Å². The third-order valence-electron chi connectivity index (χ3n) is 7.02. The van der Waals surface area contributed by atoms with E-state index in [0.29, 0.717) is 42.9 Å². The summed E-state index contributed by atoms with van der Waals surface area (Å²) in [5, 5.41) is 3.38. The standard InChI is InChI=1S/C25H28ClN3O4/c26-19-6-8-22(27-15-19)28-23(30)17-4-3-11-29(16-17)24(31)25(9-1-2-10-25)18-5-7-20-21(14-18)33-13-12-32-20/h5-8,14-15,17H,1-4,9-13,16H2,(H,27,28,30). The highest BCUT2D eigenvalue weighted by atomic mass is 35.5. The summed E-state index contributed by atoms with van der Waals surface area (Å²) < 4.78 is 11.5. The summed E-state index contributed by atoms with van der Waals surface area (Å²) in [5.41, 5.74) is 0.428. The molecule has 7 nitrogen and oxygen atoms in total. The second kappa shape index (κ2) is 9.21. The number of hydrogen-bond donors (Lipinski definition) is 1. The zero-order chi connectivity index (χ0) is 22.8. The lowest BCUT2D eigenvalue weighted by molar-refractivity contribution is -0.140. The first-order valence-corrected chi connectivity index (χ1v) is 12.0. The lowest BCUT2D eigenvalue weighted by Gasteiger charge is -2.39. The number of anilines is 1. The molecule has 1 saturated carbocycles. The molecular formula is C25H28ClN3O4. The van der Waals surface area contributed by atoms with E-state index in [1.807, 2.05) is 23.1 Å². The fourth-order valence-electron chi connectivity index (χ4n) is 5.30. The smallest absolute Gasteiger partial charge is 0.233 e. The molecule has 1 unspecified atom stereocenters. The minimum atomic E-state index is -0.564. The van der Waals surface area contributed by atoms with E-state index < -0.39 is 5.41 Å². The normalized spacial score (nSPS) is 21.5. The molecule has 1 aromatic heterocycles. The van der Waals surface area contributed by atoms with Crippen LogP contribution in [0.5, 0.6) is 11.5 Å². The number of carbonyl (C=O) groups is 2. The summed E-state index contributed by atoms with van der Waals surface area (Å²) in [4.78, 5) is 32.9. The van der Waals surface area contributed by atoms with Gasteiger partial charge in [-0.2, -0.15) is 0 Å². The van der Waals surface area contributed by atoms with Crippen LogP contribution >= 0.6 is 11.6 Å². The Morgan fingerprint density at radius 1 is 1.06 bits per heavy atom. The SMILES string of the molecule is O=C(Nc1ccc(Cl)cn1)C1CCCN(C(=O)C2(c3ccc4c(c3)OCCO4)CCCC2)C1. The predicted molar refractivity (Wildman–Crippen MR) is 125 cm³/mol. The third kappa shape index (κ3) is 4.38. The number of rotatable bonds is 4. The molecule has 3 heterocycles. The highest BCUT2D eigenvalue weighted by molar-refractivity contribution is 6.30. The van der Waals surface area contributed by atoms with Crippen molar-refractivity contribution in [3.8, 4) is 11.5 Å². The van der Waals surface area contributed by atoms with Crippen LogP contribution in [-0.2, 0) is 15.0 Å². The zero-order valence-corrected chi connectivity index (χ0v) is 19.3. The van der Waals surface area contributed by atoms with Gasteiger partial charge in [-0.25, -0.2) is 4.98 Å². The van der Waals surface area contributed by atoms with Gasteiger partial charge in [0, 0.05) is 19.3 Å². The van der Waals surface area contributed by atoms with E-state index in [1.54, 1.807) is 12.1 Å². The van der Waals surface area contributed by atoms with E-state index in [1.165, 1.54) is 6.20 Å². The number of hydrogen-bond acceptors (Lipinski definition) is 5. The number of ether oxygens (including phenoxy) is 2. The van der Waals surface area contributed by atoms with Gasteiger partial charge in [0.25, 0.3) is 0 Å². The van der Waals surface area contributed by atoms with Crippen LogP contribution in [0.3, 0.4) is 0 Å². The summed E-state index contributed by atoms with van der Waals surface area (Å²) in [7, 11) is 0. The Bertz CT molecular complexity index is 1040. The van der Waals surface area contributed by atoms with Crippen molar-refractivity contribution < 1.29 is 19.1 Å². The Labute approximate surface area is 198 Å². The van der Waals surface area contributed by atoms with Crippen molar-refractivity contribution in [2.24, 2.45) is 5.92 Å². The van der Waals surface area contributed by atoms with Crippen molar-refractivity contribution in [1.29, 1.82) is 0 Å². The highest BCUT2D eigenvalue weighted by Gasteiger charge is 2.46. The molecule has 0 bridgehead atoms. The summed E-state index contributed by atoms with van der Waals surface area (Å²) >= 11 is 5.88. The predicted octanol–water partition coefficient (Wildman–Crippen LogP) is 4.20. The van der Waals surface area contributed by atoms with Gasteiger partial charge in [-0.15, -0.1) is 0 Å². The molecule has 1 saturated heterocycles. The molecule has 1 atom stereocenters. The molecule has 1 aromatic carbocycles. The molecule has 1 N–H and O–H groups in total. The largest absolute Gasteiger partial charge is 0.486 e. The Kier molecular flexibility index (Phi) is 6.15. The van der Waals surface area contributed by atoms with E-state index in [2.05, 4.69) is 10.3 Å². The van der Waals surface area contributed by atoms with Gasteiger partial charge in [0.1, 0.15) is 19.0 Å². The zero-order valence-electron chi connectivity index (χ0n) is 18.5. The number of amides is 2. The Morgan fingerprint density at radius 2 is 1.85 bits per heavy atom. The van der Waals surface area contributed by atoms with Gasteiger partial charge in [0.15, 0.2) is 11.5 Å². The molecule has 2 aliphatic heterocycles. The molecule has 0 radical (unpaired) electrons. The van der Waals surface area contributed by atoms with E-state index in [0.717, 1.165) is 49.8 Å². The van der Waals surface area contributed by atoms with Crippen LogP contribution in [0.15, 0.2) is 36.5 Å². The molecule has 8 heteroatoms. The number of nitrogens with zero attached hydrogens (tertiary/aromatic N) is 2. The Balaban J connectivity index is 1.33. The van der Waals surface area contributed by atoms with Gasteiger partial charge in [0.2, 0.25) is 11.8 Å². The van der Waals surface area contributed by atoms with Gasteiger partial charge in [0.05, 0.1) is 16.4 Å². The van der Waals surface area contributed by atoms with Crippen molar-refractivity contribution in [1.82, 2.24) is 9.88 Å². The summed E-state index contributed by atoms with van der Waals surface area (Å²) in [6, 6.07) is 9.29. The number of nitrogens with one attached hydrogen (secondary N) is 1. The maximum atomic E-state index is 13.9. The molecule has 5 rings (SSSR count). The molecular weight excluding hydrogens is 442 g/mol. The fraction of sp³-hybridized carbons (Fsp3) is 0.480. The highest BCUT2D eigenvalue weighted by Crippen LogP contribution is 2.46. The van der Waals surface area contributed by atoms with Crippen molar-refractivity contribution in [3.05, 3.63) is 47.1 Å². The van der Waals surface area contributed by atoms with Crippen LogP contribution in [0.1, 0.15) is 44.1 Å². The minimum absolute atomic E-state index is 0.109. The summed E-state index contributed by atoms with van der Waals surface area (Å²) in [6.07, 6.45) is 6.71. The molecule has 3 aliphatic rings. The molecule has 33 heavy (non-hydrogen) atoms. The van der Waals surface area contributed by atoms with Crippen LogP contribution in [0.2, 0.25) is 5.02 Å². The summed E-state index contributed by atoms with van der Waals surface area (Å²) in [5.74, 6) is 1.66. The number of aromatic nitrogens is 1. The second-order valence-electron chi connectivity index (χ2n) is 9.09. The lowest BCUT2D eigenvalue weighted by Crippen LogP contribution is -2.51. The first kappa shape index (κ1) is 22.0. The monoisotopic (exact) mass is 469 g/mol. The van der Waals surface area contributed by atoms with Crippen LogP contribution in [-0.4, -0.2) is 48.0 Å². The van der Waals surface area contributed by atoms with Crippen molar-refractivity contribution in [3.63, 3.8) is 0 Å². The van der Waals surface area contributed by atoms with Gasteiger partial charge in [-0.05, 0) is 55.5 Å². The molecule has 2 fully saturated rings. The Morgan fingerprint density at radius 3 is 2.61 bits per heavy atom. The van der Waals surface area contributed by atoms with Crippen molar-refractivity contribution >= 4 is 29.2 Å². The number of likely N-dealkylation sites (tertiary alicyclic amines) is 1.